The molecule has 2 rings (SSSR count). The van der Waals surface area contributed by atoms with E-state index in [0.717, 1.165) is 31.7 Å². The molecule has 118 valence electrons. The van der Waals surface area contributed by atoms with Crippen LogP contribution >= 0.6 is 0 Å². The third kappa shape index (κ3) is 4.45. The fraction of sp³-hybridized carbons (Fsp3) is 0.667. The van der Waals surface area contributed by atoms with E-state index in [4.69, 9.17) is 9.47 Å². The summed E-state index contributed by atoms with van der Waals surface area (Å²) in [6.07, 6.45) is 2.78. The van der Waals surface area contributed by atoms with Gasteiger partial charge in [0.05, 0.1) is 12.2 Å². The molecule has 0 spiro atoms. The Morgan fingerprint density at radius 1 is 1.38 bits per heavy atom. The van der Waals surface area contributed by atoms with Crippen LogP contribution in [0.4, 0.5) is 0 Å². The van der Waals surface area contributed by atoms with Crippen molar-refractivity contribution < 1.29 is 9.47 Å². The first-order valence-corrected chi connectivity index (χ1v) is 8.23. The number of hydrogen-bond acceptors (Lipinski definition) is 3. The molecule has 0 radical (unpaired) electrons. The topological polar surface area (TPSA) is 30.5 Å². The Morgan fingerprint density at radius 3 is 2.81 bits per heavy atom. The Kier molecular flexibility index (Phi) is 6.07. The van der Waals surface area contributed by atoms with Gasteiger partial charge in [0.25, 0.3) is 0 Å². The molecule has 0 aromatic heterocycles. The molecular formula is C18H29NO2. The third-order valence-electron chi connectivity index (χ3n) is 4.07. The number of nitrogens with one attached hydrogen (secondary N) is 1. The maximum Gasteiger partial charge on any atom is 0.120 e. The normalized spacial score (nSPS) is 23.5. The molecule has 3 atom stereocenters. The van der Waals surface area contributed by atoms with E-state index in [0.29, 0.717) is 18.1 Å². The molecule has 1 N–H and O–H groups in total. The molecule has 0 bridgehead atoms. The van der Waals surface area contributed by atoms with Gasteiger partial charge >= 0.3 is 0 Å². The predicted molar refractivity (Wildman–Crippen MR) is 86.8 cm³/mol. The lowest BCUT2D eigenvalue weighted by atomic mass is 9.88. The lowest BCUT2D eigenvalue weighted by Crippen LogP contribution is -2.32. The Morgan fingerprint density at radius 2 is 2.19 bits per heavy atom. The first-order chi connectivity index (χ1) is 10.1. The standard InChI is InChI=1S/C18H29NO2/c1-5-10-19-18(17-9-11-20-14(17)4)15-7-6-8-16(12-15)21-13(2)3/h6-8,12-14,17-19H,5,9-11H2,1-4H3. The van der Waals surface area contributed by atoms with Gasteiger partial charge in [-0.15, -0.1) is 0 Å². The minimum atomic E-state index is 0.205. The van der Waals surface area contributed by atoms with Crippen molar-refractivity contribution in [2.24, 2.45) is 5.92 Å². The van der Waals surface area contributed by atoms with Crippen LogP contribution in [-0.2, 0) is 4.74 Å². The average molecular weight is 291 g/mol. The van der Waals surface area contributed by atoms with Crippen LogP contribution in [0.3, 0.4) is 0 Å². The molecule has 1 aliphatic heterocycles. The maximum absolute atomic E-state index is 5.84. The second kappa shape index (κ2) is 7.81. The number of hydrogen-bond donors (Lipinski definition) is 1. The maximum atomic E-state index is 5.84. The lowest BCUT2D eigenvalue weighted by Gasteiger charge is -2.28. The fourth-order valence-corrected chi connectivity index (χ4v) is 3.06. The Hall–Kier alpha value is -1.06. The average Bonchev–Trinajstić information content (AvgIpc) is 2.85. The van der Waals surface area contributed by atoms with Gasteiger partial charge in [-0.3, -0.25) is 0 Å². The molecule has 1 aromatic rings. The van der Waals surface area contributed by atoms with E-state index in [9.17, 15) is 0 Å². The van der Waals surface area contributed by atoms with Gasteiger partial charge in [-0.2, -0.15) is 0 Å². The zero-order chi connectivity index (χ0) is 15.2. The van der Waals surface area contributed by atoms with Crippen LogP contribution in [0.1, 0.15) is 52.1 Å². The Balaban J connectivity index is 2.19. The van der Waals surface area contributed by atoms with Crippen molar-refractivity contribution in [1.82, 2.24) is 5.32 Å². The van der Waals surface area contributed by atoms with E-state index in [1.807, 2.05) is 6.07 Å². The molecular weight excluding hydrogens is 262 g/mol. The van der Waals surface area contributed by atoms with E-state index in [-0.39, 0.29) is 6.10 Å². The van der Waals surface area contributed by atoms with Crippen molar-refractivity contribution in [1.29, 1.82) is 0 Å². The number of rotatable bonds is 7. The summed E-state index contributed by atoms with van der Waals surface area (Å²) in [5.74, 6) is 1.49. The molecule has 3 heteroatoms. The summed E-state index contributed by atoms with van der Waals surface area (Å²) in [7, 11) is 0. The Bertz CT molecular complexity index is 433. The number of ether oxygens (including phenoxy) is 2. The van der Waals surface area contributed by atoms with Crippen molar-refractivity contribution in [2.75, 3.05) is 13.2 Å². The zero-order valence-electron chi connectivity index (χ0n) is 13.8. The van der Waals surface area contributed by atoms with Gasteiger partial charge in [-0.1, -0.05) is 19.1 Å². The summed E-state index contributed by atoms with van der Waals surface area (Å²) in [6, 6.07) is 8.85. The highest BCUT2D eigenvalue weighted by molar-refractivity contribution is 5.31. The lowest BCUT2D eigenvalue weighted by molar-refractivity contribution is 0.0953. The SMILES string of the molecule is CCCNC(c1cccc(OC(C)C)c1)C1CCOC1C. The summed E-state index contributed by atoms with van der Waals surface area (Å²) in [4.78, 5) is 0. The van der Waals surface area contributed by atoms with E-state index in [1.165, 1.54) is 5.56 Å². The van der Waals surface area contributed by atoms with Crippen LogP contribution in [-0.4, -0.2) is 25.4 Å². The second-order valence-corrected chi connectivity index (χ2v) is 6.20. The molecule has 0 aliphatic carbocycles. The Labute approximate surface area is 129 Å². The number of benzene rings is 1. The fourth-order valence-electron chi connectivity index (χ4n) is 3.06. The first kappa shape index (κ1) is 16.3. The van der Waals surface area contributed by atoms with Gasteiger partial charge in [0.1, 0.15) is 5.75 Å². The van der Waals surface area contributed by atoms with Gasteiger partial charge < -0.3 is 14.8 Å². The molecule has 0 saturated carbocycles. The van der Waals surface area contributed by atoms with Crippen LogP contribution in [0.15, 0.2) is 24.3 Å². The molecule has 0 amide bonds. The van der Waals surface area contributed by atoms with Crippen LogP contribution in [0.2, 0.25) is 0 Å². The molecule has 3 nitrogen and oxygen atoms in total. The monoisotopic (exact) mass is 291 g/mol. The molecule has 1 aliphatic rings. The van der Waals surface area contributed by atoms with Gasteiger partial charge in [-0.05, 0) is 57.9 Å². The highest BCUT2D eigenvalue weighted by Crippen LogP contribution is 2.34. The van der Waals surface area contributed by atoms with E-state index < -0.39 is 0 Å². The zero-order valence-corrected chi connectivity index (χ0v) is 13.8. The minimum Gasteiger partial charge on any atom is -0.491 e. The summed E-state index contributed by atoms with van der Waals surface area (Å²) >= 11 is 0. The molecule has 1 saturated heterocycles. The quantitative estimate of drug-likeness (QED) is 0.825. The minimum absolute atomic E-state index is 0.205. The molecule has 1 heterocycles. The summed E-state index contributed by atoms with van der Waals surface area (Å²) in [6.45, 7) is 10.4. The van der Waals surface area contributed by atoms with E-state index >= 15 is 0 Å². The van der Waals surface area contributed by atoms with Gasteiger partial charge in [0, 0.05) is 18.6 Å². The largest absolute Gasteiger partial charge is 0.491 e. The highest BCUT2D eigenvalue weighted by Gasteiger charge is 2.32. The van der Waals surface area contributed by atoms with E-state index in [2.05, 4.69) is 51.2 Å². The third-order valence-corrected chi connectivity index (χ3v) is 4.07. The van der Waals surface area contributed by atoms with Crippen molar-refractivity contribution in [3.05, 3.63) is 29.8 Å². The van der Waals surface area contributed by atoms with Crippen LogP contribution in [0, 0.1) is 5.92 Å². The summed E-state index contributed by atoms with van der Waals surface area (Å²) < 4.78 is 11.6. The van der Waals surface area contributed by atoms with Gasteiger partial charge in [0.2, 0.25) is 0 Å². The van der Waals surface area contributed by atoms with Crippen molar-refractivity contribution in [2.45, 2.75) is 58.8 Å². The first-order valence-electron chi connectivity index (χ1n) is 8.23. The second-order valence-electron chi connectivity index (χ2n) is 6.20. The van der Waals surface area contributed by atoms with Crippen LogP contribution < -0.4 is 10.1 Å². The highest BCUT2D eigenvalue weighted by atomic mass is 16.5. The molecule has 1 fully saturated rings. The van der Waals surface area contributed by atoms with Crippen LogP contribution in [0.5, 0.6) is 5.75 Å². The van der Waals surface area contributed by atoms with Crippen molar-refractivity contribution in [3.8, 4) is 5.75 Å². The molecule has 21 heavy (non-hydrogen) atoms. The van der Waals surface area contributed by atoms with Crippen molar-refractivity contribution in [3.63, 3.8) is 0 Å². The van der Waals surface area contributed by atoms with Crippen LogP contribution in [0.25, 0.3) is 0 Å². The smallest absolute Gasteiger partial charge is 0.120 e. The van der Waals surface area contributed by atoms with Crippen molar-refractivity contribution >= 4 is 0 Å². The summed E-state index contributed by atoms with van der Waals surface area (Å²) in [5.41, 5.74) is 1.31. The van der Waals surface area contributed by atoms with E-state index in [1.54, 1.807) is 0 Å². The predicted octanol–water partition coefficient (Wildman–Crippen LogP) is 3.94. The summed E-state index contributed by atoms with van der Waals surface area (Å²) in [5, 5.41) is 3.70. The molecule has 3 unspecified atom stereocenters. The molecule has 1 aromatic carbocycles. The van der Waals surface area contributed by atoms with Gasteiger partial charge in [-0.25, -0.2) is 0 Å². The van der Waals surface area contributed by atoms with Gasteiger partial charge in [0.15, 0.2) is 0 Å².